The lowest BCUT2D eigenvalue weighted by atomic mass is 9.99. The number of aromatic nitrogens is 2. The Morgan fingerprint density at radius 2 is 1.55 bits per heavy atom. The number of imidazole rings is 1. The van der Waals surface area contributed by atoms with E-state index in [2.05, 4.69) is 45.6 Å². The van der Waals surface area contributed by atoms with E-state index < -0.39 is 0 Å². The topological polar surface area (TPSA) is 41.4 Å². The minimum atomic E-state index is 0.154. The molecule has 0 saturated carbocycles. The predicted molar refractivity (Wildman–Crippen MR) is 124 cm³/mol. The Balaban J connectivity index is 1.37. The largest absolute Gasteiger partial charge is 0.337 e. The summed E-state index contributed by atoms with van der Waals surface area (Å²) in [4.78, 5) is 23.3. The van der Waals surface area contributed by atoms with Crippen molar-refractivity contribution < 1.29 is 4.79 Å². The second-order valence-corrected chi connectivity index (χ2v) is 9.68. The van der Waals surface area contributed by atoms with Gasteiger partial charge in [-0.15, -0.1) is 0 Å². The van der Waals surface area contributed by atoms with Crippen LogP contribution in [0.5, 0.6) is 0 Å². The highest BCUT2D eigenvalue weighted by molar-refractivity contribution is 5.94. The number of benzene rings is 1. The van der Waals surface area contributed by atoms with Gasteiger partial charge in [-0.25, -0.2) is 4.98 Å². The number of carbonyl (C=O) groups excluding carboxylic acids is 1. The minimum Gasteiger partial charge on any atom is -0.337 e. The zero-order valence-corrected chi connectivity index (χ0v) is 19.0. The van der Waals surface area contributed by atoms with Crippen LogP contribution >= 0.6 is 0 Å². The van der Waals surface area contributed by atoms with Gasteiger partial charge in [0.1, 0.15) is 11.5 Å². The highest BCUT2D eigenvalue weighted by Gasteiger charge is 2.31. The SMILES string of the molecule is Cc1ccc(-c2nc(C(=O)N3CCC(N4CCCCC4)CC3)c3n2CCCCC3)cc1. The number of likely N-dealkylation sites (tertiary alicyclic amines) is 2. The van der Waals surface area contributed by atoms with E-state index in [1.165, 1.54) is 44.3 Å². The van der Waals surface area contributed by atoms with Crippen LogP contribution < -0.4 is 0 Å². The molecule has 5 heteroatoms. The molecule has 2 saturated heterocycles. The molecule has 5 nitrogen and oxygen atoms in total. The van der Waals surface area contributed by atoms with E-state index in [4.69, 9.17) is 4.98 Å². The number of nitrogens with zero attached hydrogens (tertiary/aromatic N) is 4. The molecule has 0 atom stereocenters. The molecule has 0 spiro atoms. The fraction of sp³-hybridized carbons (Fsp3) is 0.615. The van der Waals surface area contributed by atoms with Crippen molar-refractivity contribution in [3.05, 3.63) is 41.2 Å². The maximum Gasteiger partial charge on any atom is 0.274 e. The maximum absolute atomic E-state index is 13.6. The number of aryl methyl sites for hydroxylation is 1. The molecule has 4 heterocycles. The van der Waals surface area contributed by atoms with Gasteiger partial charge in [-0.3, -0.25) is 4.79 Å². The molecule has 1 aromatic carbocycles. The first-order valence-corrected chi connectivity index (χ1v) is 12.4. The van der Waals surface area contributed by atoms with Crippen LogP contribution in [0, 0.1) is 6.92 Å². The van der Waals surface area contributed by atoms with Gasteiger partial charge in [-0.2, -0.15) is 0 Å². The van der Waals surface area contributed by atoms with E-state index in [1.54, 1.807) is 0 Å². The zero-order valence-electron chi connectivity index (χ0n) is 19.0. The van der Waals surface area contributed by atoms with E-state index >= 15 is 0 Å². The first-order valence-electron chi connectivity index (χ1n) is 12.4. The quantitative estimate of drug-likeness (QED) is 0.724. The molecule has 166 valence electrons. The monoisotopic (exact) mass is 420 g/mol. The molecule has 0 aliphatic carbocycles. The van der Waals surface area contributed by atoms with Crippen molar-refractivity contribution in [1.82, 2.24) is 19.4 Å². The summed E-state index contributed by atoms with van der Waals surface area (Å²) in [6.45, 7) is 7.30. The molecular formula is C26H36N4O. The standard InChI is InChI=1S/C26H36N4O/c1-20-9-11-21(12-10-20)25-27-24(23-8-4-2-7-17-30(23)25)26(31)29-18-13-22(14-19-29)28-15-5-3-6-16-28/h9-12,22H,2-8,13-19H2,1H3. The van der Waals surface area contributed by atoms with E-state index in [1.807, 2.05) is 0 Å². The second kappa shape index (κ2) is 9.15. The highest BCUT2D eigenvalue weighted by atomic mass is 16.2. The van der Waals surface area contributed by atoms with Gasteiger partial charge in [0.15, 0.2) is 0 Å². The summed E-state index contributed by atoms with van der Waals surface area (Å²) in [5.74, 6) is 1.13. The lowest BCUT2D eigenvalue weighted by molar-refractivity contribution is 0.0584. The van der Waals surface area contributed by atoms with Crippen molar-refractivity contribution >= 4 is 5.91 Å². The van der Waals surface area contributed by atoms with Crippen molar-refractivity contribution in [2.75, 3.05) is 26.2 Å². The first-order chi connectivity index (χ1) is 15.2. The molecule has 0 N–H and O–H groups in total. The van der Waals surface area contributed by atoms with Crippen LogP contribution in [0.1, 0.15) is 73.1 Å². The fourth-order valence-electron chi connectivity index (χ4n) is 5.68. The van der Waals surface area contributed by atoms with Crippen LogP contribution in [0.2, 0.25) is 0 Å². The molecule has 5 rings (SSSR count). The lowest BCUT2D eigenvalue weighted by Crippen LogP contribution is -2.48. The van der Waals surface area contributed by atoms with Gasteiger partial charge in [0, 0.05) is 31.2 Å². The second-order valence-electron chi connectivity index (χ2n) is 9.68. The van der Waals surface area contributed by atoms with Gasteiger partial charge in [0.25, 0.3) is 5.91 Å². The fourth-order valence-corrected chi connectivity index (χ4v) is 5.68. The van der Waals surface area contributed by atoms with Gasteiger partial charge < -0.3 is 14.4 Å². The summed E-state index contributed by atoms with van der Waals surface area (Å²) in [5.41, 5.74) is 4.25. The van der Waals surface area contributed by atoms with Crippen molar-refractivity contribution in [2.45, 2.75) is 77.3 Å². The van der Waals surface area contributed by atoms with E-state index in [0.717, 1.165) is 68.8 Å². The van der Waals surface area contributed by atoms with Gasteiger partial charge >= 0.3 is 0 Å². The Morgan fingerprint density at radius 3 is 2.29 bits per heavy atom. The molecule has 0 bridgehead atoms. The van der Waals surface area contributed by atoms with E-state index in [9.17, 15) is 4.79 Å². The van der Waals surface area contributed by atoms with Gasteiger partial charge in [-0.1, -0.05) is 42.7 Å². The summed E-state index contributed by atoms with van der Waals surface area (Å²) in [6, 6.07) is 9.23. The Hall–Kier alpha value is -2.14. The molecule has 1 amide bonds. The van der Waals surface area contributed by atoms with Crippen LogP contribution in [-0.4, -0.2) is 57.5 Å². The van der Waals surface area contributed by atoms with Crippen molar-refractivity contribution in [3.63, 3.8) is 0 Å². The Labute approximate surface area is 186 Å². The molecule has 2 fully saturated rings. The Bertz CT molecular complexity index is 902. The maximum atomic E-state index is 13.6. The lowest BCUT2D eigenvalue weighted by Gasteiger charge is -2.40. The minimum absolute atomic E-state index is 0.154. The summed E-state index contributed by atoms with van der Waals surface area (Å²) in [6.07, 6.45) is 10.8. The summed E-state index contributed by atoms with van der Waals surface area (Å²) in [7, 11) is 0. The number of amides is 1. The molecule has 0 radical (unpaired) electrons. The molecule has 3 aliphatic heterocycles. The van der Waals surface area contributed by atoms with Gasteiger partial charge in [0.2, 0.25) is 0 Å². The van der Waals surface area contributed by atoms with E-state index in [0.29, 0.717) is 11.7 Å². The number of hydrogen-bond donors (Lipinski definition) is 0. The average molecular weight is 421 g/mol. The highest BCUT2D eigenvalue weighted by Crippen LogP contribution is 2.29. The summed E-state index contributed by atoms with van der Waals surface area (Å²) >= 11 is 0. The van der Waals surface area contributed by atoms with Gasteiger partial charge in [0.05, 0.1) is 5.69 Å². The predicted octanol–water partition coefficient (Wildman–Crippen LogP) is 4.68. The van der Waals surface area contributed by atoms with Crippen molar-refractivity contribution in [3.8, 4) is 11.4 Å². The first kappa shape index (κ1) is 20.7. The van der Waals surface area contributed by atoms with Crippen LogP contribution in [0.25, 0.3) is 11.4 Å². The third-order valence-corrected chi connectivity index (χ3v) is 7.54. The Kier molecular flexibility index (Phi) is 6.13. The third-order valence-electron chi connectivity index (χ3n) is 7.54. The van der Waals surface area contributed by atoms with Gasteiger partial charge in [-0.05, 0) is 65.0 Å². The average Bonchev–Trinajstić information content (AvgIpc) is 3.00. The molecule has 2 aromatic rings. The van der Waals surface area contributed by atoms with Crippen LogP contribution in [0.3, 0.4) is 0 Å². The van der Waals surface area contributed by atoms with Crippen LogP contribution in [0.4, 0.5) is 0 Å². The third kappa shape index (κ3) is 4.30. The number of rotatable bonds is 3. The summed E-state index contributed by atoms with van der Waals surface area (Å²) in [5, 5.41) is 0. The Morgan fingerprint density at radius 1 is 0.871 bits per heavy atom. The smallest absolute Gasteiger partial charge is 0.274 e. The molecule has 1 aromatic heterocycles. The molecule has 0 unspecified atom stereocenters. The van der Waals surface area contributed by atoms with Crippen molar-refractivity contribution in [2.24, 2.45) is 0 Å². The number of fused-ring (bicyclic) bond motifs is 1. The molecule has 31 heavy (non-hydrogen) atoms. The van der Waals surface area contributed by atoms with Crippen LogP contribution in [0.15, 0.2) is 24.3 Å². The van der Waals surface area contributed by atoms with Crippen molar-refractivity contribution in [1.29, 1.82) is 0 Å². The molecule has 3 aliphatic rings. The number of hydrogen-bond acceptors (Lipinski definition) is 3. The summed E-state index contributed by atoms with van der Waals surface area (Å²) < 4.78 is 2.34. The number of piperidine rings is 2. The van der Waals surface area contributed by atoms with E-state index in [-0.39, 0.29) is 5.91 Å². The van der Waals surface area contributed by atoms with Crippen LogP contribution in [-0.2, 0) is 13.0 Å². The zero-order chi connectivity index (χ0) is 21.2. The molecular weight excluding hydrogens is 384 g/mol. The normalized spacial score (nSPS) is 21.0. The number of carbonyl (C=O) groups is 1.